The lowest BCUT2D eigenvalue weighted by Crippen LogP contribution is -2.34. The number of anilines is 1. The van der Waals surface area contributed by atoms with Crippen LogP contribution < -0.4 is 15.8 Å². The van der Waals surface area contributed by atoms with Gasteiger partial charge in [-0.05, 0) is 38.0 Å². The van der Waals surface area contributed by atoms with E-state index in [0.717, 1.165) is 6.07 Å². The zero-order valence-electron chi connectivity index (χ0n) is 16.9. The topological polar surface area (TPSA) is 104 Å². The first kappa shape index (κ1) is 21.6. The molecule has 1 aromatic carbocycles. The molecule has 0 saturated carbocycles. The number of benzene rings is 1. The second kappa shape index (κ2) is 8.35. The molecule has 9 heteroatoms. The highest BCUT2D eigenvalue weighted by Crippen LogP contribution is 2.46. The van der Waals surface area contributed by atoms with Gasteiger partial charge in [-0.1, -0.05) is 13.0 Å². The Morgan fingerprint density at radius 2 is 2.10 bits per heavy atom. The fourth-order valence-electron chi connectivity index (χ4n) is 3.65. The van der Waals surface area contributed by atoms with E-state index >= 15 is 0 Å². The molecular weight excluding hydrogens is 396 g/mol. The number of ether oxygens (including phenoxy) is 2. The van der Waals surface area contributed by atoms with Crippen molar-refractivity contribution in [2.75, 3.05) is 12.4 Å². The zero-order valence-corrected chi connectivity index (χ0v) is 16.9. The minimum absolute atomic E-state index is 0.00244. The van der Waals surface area contributed by atoms with Crippen molar-refractivity contribution in [1.82, 2.24) is 4.98 Å². The number of nitrogens with two attached hydrogens (primary N) is 1. The molecule has 1 fully saturated rings. The molecule has 1 aromatic heterocycles. The van der Waals surface area contributed by atoms with Crippen LogP contribution in [0.5, 0.6) is 5.75 Å². The number of aromatic nitrogens is 1. The van der Waals surface area contributed by atoms with Crippen LogP contribution in [0.25, 0.3) is 0 Å². The number of halogens is 2. The van der Waals surface area contributed by atoms with Gasteiger partial charge in [-0.15, -0.1) is 0 Å². The van der Waals surface area contributed by atoms with E-state index in [0.29, 0.717) is 24.1 Å². The van der Waals surface area contributed by atoms with Crippen LogP contribution >= 0.6 is 0 Å². The molecule has 1 aliphatic rings. The van der Waals surface area contributed by atoms with Crippen molar-refractivity contribution in [2.45, 2.75) is 44.3 Å². The van der Waals surface area contributed by atoms with Crippen molar-refractivity contribution >= 4 is 17.5 Å². The van der Waals surface area contributed by atoms with Crippen LogP contribution in [0.1, 0.15) is 48.7 Å². The Balaban J connectivity index is 1.95. The normalized spacial score (nSPS) is 23.2. The summed E-state index contributed by atoms with van der Waals surface area (Å²) in [4.78, 5) is 28.2. The lowest BCUT2D eigenvalue weighted by molar-refractivity contribution is -0.131. The number of nitrogens with one attached hydrogen (secondary N) is 1. The van der Waals surface area contributed by atoms with Gasteiger partial charge in [0.2, 0.25) is 5.82 Å². The van der Waals surface area contributed by atoms with Crippen LogP contribution in [-0.4, -0.2) is 35.6 Å². The van der Waals surface area contributed by atoms with Crippen molar-refractivity contribution in [3.63, 3.8) is 0 Å². The Morgan fingerprint density at radius 3 is 2.73 bits per heavy atom. The number of primary amides is 1. The number of amides is 2. The fourth-order valence-corrected chi connectivity index (χ4v) is 3.65. The SMILES string of the molecule is CC[C@@]1(C)C[C@H](c2ccc(F)c(F)c2OC)[C@@H](C(=O)Nc2ccnc(C(N)=O)c2)O1. The molecule has 3 rings (SSSR count). The number of rotatable bonds is 6. The summed E-state index contributed by atoms with van der Waals surface area (Å²) >= 11 is 0. The van der Waals surface area contributed by atoms with E-state index in [2.05, 4.69) is 10.3 Å². The Morgan fingerprint density at radius 1 is 1.37 bits per heavy atom. The average Bonchev–Trinajstić information content (AvgIpc) is 3.08. The maximum Gasteiger partial charge on any atom is 0.267 e. The summed E-state index contributed by atoms with van der Waals surface area (Å²) in [5.41, 5.74) is 5.25. The summed E-state index contributed by atoms with van der Waals surface area (Å²) in [7, 11) is 1.24. The lowest BCUT2D eigenvalue weighted by atomic mass is 9.85. The zero-order chi connectivity index (χ0) is 22.1. The van der Waals surface area contributed by atoms with Gasteiger partial charge >= 0.3 is 0 Å². The first-order chi connectivity index (χ1) is 14.2. The average molecular weight is 419 g/mol. The standard InChI is InChI=1S/C21H23F2N3O4/c1-4-21(2)10-13(12-5-6-14(22)16(23)17(12)29-3)18(30-21)20(28)26-11-7-8-25-15(9-11)19(24)27/h5-9,13,18H,4,10H2,1-3H3,(H2,24,27)(H,25,26,28)/t13-,18+,21+/m1/s1. The highest BCUT2D eigenvalue weighted by molar-refractivity contribution is 5.97. The molecule has 30 heavy (non-hydrogen) atoms. The maximum absolute atomic E-state index is 14.3. The number of nitrogens with zero attached hydrogens (tertiary/aromatic N) is 1. The molecule has 2 amide bonds. The van der Waals surface area contributed by atoms with Crippen molar-refractivity contribution in [3.05, 3.63) is 53.4 Å². The monoisotopic (exact) mass is 419 g/mol. The van der Waals surface area contributed by atoms with Gasteiger partial charge in [0.25, 0.3) is 11.8 Å². The van der Waals surface area contributed by atoms with Crippen molar-refractivity contribution in [1.29, 1.82) is 0 Å². The minimum atomic E-state index is -1.11. The highest BCUT2D eigenvalue weighted by atomic mass is 19.2. The third-order valence-electron chi connectivity index (χ3n) is 5.40. The highest BCUT2D eigenvalue weighted by Gasteiger charge is 2.47. The van der Waals surface area contributed by atoms with Gasteiger partial charge in [0.1, 0.15) is 11.8 Å². The first-order valence-electron chi connectivity index (χ1n) is 9.45. The molecule has 2 aromatic rings. The van der Waals surface area contributed by atoms with Crippen molar-refractivity contribution in [3.8, 4) is 5.75 Å². The molecule has 3 N–H and O–H groups in total. The lowest BCUT2D eigenvalue weighted by Gasteiger charge is -2.22. The predicted octanol–water partition coefficient (Wildman–Crippen LogP) is 3.15. The summed E-state index contributed by atoms with van der Waals surface area (Å²) < 4.78 is 39.1. The van der Waals surface area contributed by atoms with E-state index in [1.807, 2.05) is 13.8 Å². The Hall–Kier alpha value is -3.07. The van der Waals surface area contributed by atoms with E-state index in [1.165, 1.54) is 31.5 Å². The molecule has 7 nitrogen and oxygen atoms in total. The van der Waals surface area contributed by atoms with Gasteiger partial charge in [-0.3, -0.25) is 14.6 Å². The molecule has 0 spiro atoms. The molecule has 3 atom stereocenters. The van der Waals surface area contributed by atoms with Crippen LogP contribution in [0, 0.1) is 11.6 Å². The van der Waals surface area contributed by atoms with Gasteiger partial charge in [-0.25, -0.2) is 4.39 Å². The van der Waals surface area contributed by atoms with Gasteiger partial charge in [0.05, 0.1) is 12.7 Å². The summed E-state index contributed by atoms with van der Waals surface area (Å²) in [6, 6.07) is 5.27. The van der Waals surface area contributed by atoms with Crippen LogP contribution in [0.4, 0.5) is 14.5 Å². The quantitative estimate of drug-likeness (QED) is 0.749. The first-order valence-corrected chi connectivity index (χ1v) is 9.45. The third kappa shape index (κ3) is 4.11. The maximum atomic E-state index is 14.3. The number of hydrogen-bond acceptors (Lipinski definition) is 5. The van der Waals surface area contributed by atoms with Gasteiger partial charge in [0.15, 0.2) is 11.6 Å². The van der Waals surface area contributed by atoms with E-state index in [1.54, 1.807) is 0 Å². The molecule has 2 heterocycles. The van der Waals surface area contributed by atoms with Crippen molar-refractivity contribution in [2.24, 2.45) is 5.73 Å². The molecule has 0 aliphatic carbocycles. The Bertz CT molecular complexity index is 985. The van der Waals surface area contributed by atoms with Gasteiger partial charge < -0.3 is 20.5 Å². The summed E-state index contributed by atoms with van der Waals surface area (Å²) in [6.07, 6.45) is 1.38. The predicted molar refractivity (Wildman–Crippen MR) is 105 cm³/mol. The Labute approximate surface area is 172 Å². The van der Waals surface area contributed by atoms with Crippen LogP contribution in [0.2, 0.25) is 0 Å². The minimum Gasteiger partial charge on any atom is -0.493 e. The number of carbonyl (C=O) groups excluding carboxylic acids is 2. The number of methoxy groups -OCH3 is 1. The van der Waals surface area contributed by atoms with Crippen molar-refractivity contribution < 1.29 is 27.8 Å². The van der Waals surface area contributed by atoms with E-state index in [9.17, 15) is 18.4 Å². The van der Waals surface area contributed by atoms with E-state index in [4.69, 9.17) is 15.2 Å². The molecule has 0 radical (unpaired) electrons. The number of hydrogen-bond donors (Lipinski definition) is 2. The summed E-state index contributed by atoms with van der Waals surface area (Å²) in [5.74, 6) is -4.19. The Kier molecular flexibility index (Phi) is 6.02. The molecule has 0 bridgehead atoms. The van der Waals surface area contributed by atoms with Crippen LogP contribution in [0.3, 0.4) is 0 Å². The summed E-state index contributed by atoms with van der Waals surface area (Å²) in [5, 5.41) is 2.68. The van der Waals surface area contributed by atoms with Crippen LogP contribution in [-0.2, 0) is 9.53 Å². The van der Waals surface area contributed by atoms with E-state index in [-0.39, 0.29) is 11.4 Å². The second-order valence-corrected chi connectivity index (χ2v) is 7.42. The van der Waals surface area contributed by atoms with Crippen LogP contribution in [0.15, 0.2) is 30.5 Å². The largest absolute Gasteiger partial charge is 0.493 e. The number of carbonyl (C=O) groups is 2. The molecular formula is C21H23F2N3O4. The molecule has 1 aliphatic heterocycles. The van der Waals surface area contributed by atoms with E-state index < -0.39 is 41.1 Å². The molecule has 1 saturated heterocycles. The third-order valence-corrected chi connectivity index (χ3v) is 5.40. The second-order valence-electron chi connectivity index (χ2n) is 7.42. The van der Waals surface area contributed by atoms with Gasteiger partial charge in [0, 0.05) is 23.4 Å². The molecule has 0 unspecified atom stereocenters. The molecule has 160 valence electrons. The fraction of sp³-hybridized carbons (Fsp3) is 0.381. The summed E-state index contributed by atoms with van der Waals surface area (Å²) in [6.45, 7) is 3.78. The smallest absolute Gasteiger partial charge is 0.267 e. The number of pyridine rings is 1. The van der Waals surface area contributed by atoms with Gasteiger partial charge in [-0.2, -0.15) is 4.39 Å².